The van der Waals surface area contributed by atoms with Gasteiger partial charge in [-0.05, 0) is 86.5 Å². The van der Waals surface area contributed by atoms with Gasteiger partial charge in [0.2, 0.25) is 15.9 Å². The lowest BCUT2D eigenvalue weighted by Crippen LogP contribution is -2.70. The van der Waals surface area contributed by atoms with Crippen LogP contribution < -0.4 is 9.46 Å². The Hall–Kier alpha value is -3.44. The second kappa shape index (κ2) is 11.3. The fourth-order valence-electron chi connectivity index (χ4n) is 9.33. The van der Waals surface area contributed by atoms with Crippen LogP contribution in [0.15, 0.2) is 36.4 Å². The van der Waals surface area contributed by atoms with E-state index in [1.54, 1.807) is 19.2 Å². The van der Waals surface area contributed by atoms with E-state index in [1.165, 1.54) is 12.0 Å². The SMILES string of the molecule is COc1ccc2c(c1)C1CC1(C(=O)N1C3CC1CN(C)C3)Cn1c-2c(C2CCCCC2)c2ccc(C(=O)NS(=O)(=O)CCCF)cc21. The Bertz CT molecular complexity index is 1870. The van der Waals surface area contributed by atoms with Crippen molar-refractivity contribution in [3.05, 3.63) is 53.1 Å². The lowest BCUT2D eigenvalue weighted by molar-refractivity contribution is -0.159. The van der Waals surface area contributed by atoms with Crippen molar-refractivity contribution in [1.82, 2.24) is 19.1 Å². The van der Waals surface area contributed by atoms with Crippen LogP contribution in [0.3, 0.4) is 0 Å². The summed E-state index contributed by atoms with van der Waals surface area (Å²) in [6, 6.07) is 12.2. The molecule has 8 rings (SSSR count). The van der Waals surface area contributed by atoms with Crippen LogP contribution in [0.25, 0.3) is 22.2 Å². The minimum Gasteiger partial charge on any atom is -0.497 e. The molecule has 11 heteroatoms. The summed E-state index contributed by atoms with van der Waals surface area (Å²) in [6.45, 7) is 1.51. The number of carbonyl (C=O) groups excluding carboxylic acids is 2. The number of ether oxygens (including phenoxy) is 1. The van der Waals surface area contributed by atoms with E-state index in [0.29, 0.717) is 12.5 Å². The number of sulfonamides is 1. The summed E-state index contributed by atoms with van der Waals surface area (Å²) < 4.78 is 47.9. The third kappa shape index (κ3) is 4.98. The van der Waals surface area contributed by atoms with Gasteiger partial charge in [-0.2, -0.15) is 0 Å². The number of methoxy groups -OCH3 is 1. The maximum absolute atomic E-state index is 14.8. The van der Waals surface area contributed by atoms with Gasteiger partial charge in [0.05, 0.1) is 30.6 Å². The van der Waals surface area contributed by atoms with Crippen molar-refractivity contribution < 1.29 is 27.1 Å². The number of alkyl halides is 1. The first-order valence-corrected chi connectivity index (χ1v) is 18.8. The van der Waals surface area contributed by atoms with Gasteiger partial charge < -0.3 is 19.1 Å². The molecule has 1 N–H and O–H groups in total. The molecule has 2 bridgehead atoms. The van der Waals surface area contributed by atoms with E-state index < -0.39 is 33.8 Å². The zero-order valence-corrected chi connectivity index (χ0v) is 28.0. The number of carbonyl (C=O) groups is 2. The second-order valence-electron chi connectivity index (χ2n) is 14.6. The van der Waals surface area contributed by atoms with Gasteiger partial charge in [0.15, 0.2) is 0 Å². The molecule has 2 saturated carbocycles. The number of likely N-dealkylation sites (N-methyl/N-ethyl adjacent to an activating group) is 1. The zero-order chi connectivity index (χ0) is 32.7. The third-order valence-corrected chi connectivity index (χ3v) is 12.9. The highest BCUT2D eigenvalue weighted by Gasteiger charge is 2.66. The number of hydrogen-bond acceptors (Lipinski definition) is 6. The summed E-state index contributed by atoms with van der Waals surface area (Å²) in [5, 5.41) is 1.05. The van der Waals surface area contributed by atoms with Crippen molar-refractivity contribution >= 4 is 32.7 Å². The Labute approximate surface area is 275 Å². The number of piperidine rings is 1. The fourth-order valence-corrected chi connectivity index (χ4v) is 10.3. The normalized spacial score (nSPS) is 26.9. The Morgan fingerprint density at radius 3 is 2.55 bits per heavy atom. The molecule has 2 amide bonds. The van der Waals surface area contributed by atoms with Crippen LogP contribution in [-0.4, -0.2) is 86.4 Å². The summed E-state index contributed by atoms with van der Waals surface area (Å²) in [5.41, 5.74) is 5.10. The van der Waals surface area contributed by atoms with E-state index in [2.05, 4.69) is 38.3 Å². The maximum Gasteiger partial charge on any atom is 0.264 e. The van der Waals surface area contributed by atoms with Crippen LogP contribution >= 0.6 is 0 Å². The standard InChI is InChI=1S/C36H43FN4O5S/c1-39-19-24-16-25(20-39)41(24)35(43)36-18-30(36)29-17-26(46-2)10-12-27(29)33-32(22-7-4-3-5-8-22)28-11-9-23(15-31(28)40(33)21-36)34(42)38-47(44,45)14-6-13-37/h9-12,15,17,22,24-25,30H,3-8,13-14,16,18-21H2,1-2H3,(H,38,42). The number of halogens is 1. The molecule has 3 aromatic rings. The highest BCUT2D eigenvalue weighted by atomic mass is 32.2. The summed E-state index contributed by atoms with van der Waals surface area (Å²) in [6.07, 6.45) is 7.30. The lowest BCUT2D eigenvalue weighted by Gasteiger charge is -2.56. The van der Waals surface area contributed by atoms with Gasteiger partial charge in [-0.15, -0.1) is 0 Å². The van der Waals surface area contributed by atoms with E-state index >= 15 is 0 Å². The van der Waals surface area contributed by atoms with Crippen LogP contribution in [0.1, 0.15) is 84.7 Å². The Morgan fingerprint density at radius 1 is 1.06 bits per heavy atom. The van der Waals surface area contributed by atoms with Crippen molar-refractivity contribution in [3.8, 4) is 17.0 Å². The van der Waals surface area contributed by atoms with E-state index in [4.69, 9.17) is 4.74 Å². The average molecular weight is 663 g/mol. The lowest BCUT2D eigenvalue weighted by atomic mass is 9.81. The smallest absolute Gasteiger partial charge is 0.264 e. The molecule has 2 aliphatic carbocycles. The molecule has 3 aliphatic heterocycles. The van der Waals surface area contributed by atoms with Crippen LogP contribution in [0.5, 0.6) is 5.75 Å². The number of likely N-dealkylation sites (tertiary alicyclic amines) is 2. The van der Waals surface area contributed by atoms with Gasteiger partial charge in [0.1, 0.15) is 5.75 Å². The molecule has 250 valence electrons. The molecule has 0 radical (unpaired) electrons. The van der Waals surface area contributed by atoms with Crippen molar-refractivity contribution in [2.24, 2.45) is 5.41 Å². The molecule has 9 nitrogen and oxygen atoms in total. The van der Waals surface area contributed by atoms with Crippen molar-refractivity contribution in [1.29, 1.82) is 0 Å². The van der Waals surface area contributed by atoms with Crippen molar-refractivity contribution in [2.45, 2.75) is 81.8 Å². The number of rotatable bonds is 8. The minimum atomic E-state index is -3.98. The number of fused-ring (bicyclic) bond motifs is 9. The number of amides is 2. The number of hydrogen-bond donors (Lipinski definition) is 1. The quantitative estimate of drug-likeness (QED) is 0.357. The van der Waals surface area contributed by atoms with Crippen LogP contribution in [0.4, 0.5) is 4.39 Å². The fraction of sp³-hybridized carbons (Fsp3) is 0.556. The van der Waals surface area contributed by atoms with Gasteiger partial charge in [-0.3, -0.25) is 14.0 Å². The van der Waals surface area contributed by atoms with E-state index in [9.17, 15) is 22.4 Å². The van der Waals surface area contributed by atoms with Gasteiger partial charge >= 0.3 is 0 Å². The van der Waals surface area contributed by atoms with Crippen molar-refractivity contribution in [3.63, 3.8) is 0 Å². The topological polar surface area (TPSA) is 101 Å². The molecule has 5 aliphatic rings. The van der Waals surface area contributed by atoms with E-state index in [0.717, 1.165) is 85.1 Å². The maximum atomic E-state index is 14.8. The van der Waals surface area contributed by atoms with Crippen LogP contribution in [-0.2, 0) is 21.4 Å². The van der Waals surface area contributed by atoms with Crippen LogP contribution in [0, 0.1) is 5.41 Å². The Kier molecular flexibility index (Phi) is 7.44. The molecule has 4 fully saturated rings. The highest BCUT2D eigenvalue weighted by molar-refractivity contribution is 7.90. The number of nitrogens with zero attached hydrogens (tertiary/aromatic N) is 3. The predicted molar refractivity (Wildman–Crippen MR) is 178 cm³/mol. The molecule has 2 aromatic carbocycles. The summed E-state index contributed by atoms with van der Waals surface area (Å²) >= 11 is 0. The predicted octanol–water partition coefficient (Wildman–Crippen LogP) is 5.19. The molecule has 47 heavy (non-hydrogen) atoms. The van der Waals surface area contributed by atoms with Gasteiger partial charge in [-0.1, -0.05) is 25.3 Å². The Balaban J connectivity index is 1.29. The molecule has 4 atom stereocenters. The van der Waals surface area contributed by atoms with Crippen LogP contribution in [0.2, 0.25) is 0 Å². The summed E-state index contributed by atoms with van der Waals surface area (Å²) in [7, 11) is -0.178. The highest BCUT2D eigenvalue weighted by Crippen LogP contribution is 2.67. The van der Waals surface area contributed by atoms with E-state index in [1.807, 2.05) is 12.1 Å². The van der Waals surface area contributed by atoms with Gasteiger partial charge in [0, 0.05) is 59.7 Å². The molecular weight excluding hydrogens is 619 g/mol. The molecule has 0 spiro atoms. The number of aromatic nitrogens is 1. The second-order valence-corrected chi connectivity index (χ2v) is 16.4. The number of nitrogens with one attached hydrogen (secondary N) is 1. The largest absolute Gasteiger partial charge is 0.497 e. The van der Waals surface area contributed by atoms with Gasteiger partial charge in [0.25, 0.3) is 5.91 Å². The molecule has 1 aromatic heterocycles. The first kappa shape index (κ1) is 30.9. The molecule has 2 saturated heterocycles. The number of piperazine rings is 1. The minimum absolute atomic E-state index is 0.0560. The van der Waals surface area contributed by atoms with Crippen molar-refractivity contribution in [2.75, 3.05) is 39.7 Å². The zero-order valence-electron chi connectivity index (χ0n) is 27.1. The molecule has 4 unspecified atom stereocenters. The molecule has 4 heterocycles. The monoisotopic (exact) mass is 662 g/mol. The first-order valence-electron chi connectivity index (χ1n) is 17.1. The Morgan fingerprint density at radius 2 is 1.83 bits per heavy atom. The third-order valence-electron chi connectivity index (χ3n) is 11.6. The van der Waals surface area contributed by atoms with E-state index in [-0.39, 0.29) is 35.9 Å². The summed E-state index contributed by atoms with van der Waals surface area (Å²) in [5.74, 6) is 0.213. The average Bonchev–Trinajstić information content (AvgIpc) is 3.73. The summed E-state index contributed by atoms with van der Waals surface area (Å²) in [4.78, 5) is 32.6. The number of benzene rings is 2. The first-order chi connectivity index (χ1) is 22.6. The van der Waals surface area contributed by atoms with Gasteiger partial charge in [-0.25, -0.2) is 13.1 Å². The molecular formula is C36H43FN4O5S.